The summed E-state index contributed by atoms with van der Waals surface area (Å²) in [5.74, 6) is -2.99. The van der Waals surface area contributed by atoms with Crippen LogP contribution in [0.5, 0.6) is 0 Å². The summed E-state index contributed by atoms with van der Waals surface area (Å²) in [4.78, 5) is 39.0. The smallest absolute Gasteiger partial charge is 0.368 e. The molecule has 5 aromatic rings. The monoisotopic (exact) mass is 807 g/mol. The van der Waals surface area contributed by atoms with Crippen LogP contribution in [0.15, 0.2) is 133 Å². The summed E-state index contributed by atoms with van der Waals surface area (Å²) in [5.41, 5.74) is 3.97. The maximum atomic E-state index is 14.7. The van der Waals surface area contributed by atoms with Crippen molar-refractivity contribution in [2.75, 3.05) is 62.2 Å². The van der Waals surface area contributed by atoms with Crippen molar-refractivity contribution in [3.05, 3.63) is 173 Å². The molecule has 0 aromatic heterocycles. The van der Waals surface area contributed by atoms with Crippen molar-refractivity contribution in [1.29, 1.82) is 0 Å². The standard InChI is InChI=1S/C47H46F5N5O2/c48-42-21-15-38(31-43(42)49)32-44(46(59)56-25-23-53(24-26-56)33-36-7-3-1-4-8-36)57(45(58)22-16-35-11-17-39(18-12-35)47(50,51)52)34-37-13-19-41(20-14-37)55-29-27-54(28-30-55)40-9-5-2-6-10-40/h1-22,31,44H,23-30,32-34H2/t44-/m0/s1. The summed E-state index contributed by atoms with van der Waals surface area (Å²) in [6, 6.07) is 34.9. The Kier molecular flexibility index (Phi) is 13.1. The average molecular weight is 808 g/mol. The third-order valence-electron chi connectivity index (χ3n) is 11.0. The Bertz CT molecular complexity index is 2190. The van der Waals surface area contributed by atoms with Gasteiger partial charge in [-0.2, -0.15) is 13.2 Å². The number of halogens is 5. The van der Waals surface area contributed by atoms with Crippen molar-refractivity contribution < 1.29 is 31.5 Å². The lowest BCUT2D eigenvalue weighted by Crippen LogP contribution is -2.56. The zero-order chi connectivity index (χ0) is 41.4. The fourth-order valence-electron chi connectivity index (χ4n) is 7.66. The first kappa shape index (κ1) is 41.2. The summed E-state index contributed by atoms with van der Waals surface area (Å²) in [6.07, 6.45) is -1.95. The number of nitrogens with zero attached hydrogens (tertiary/aromatic N) is 5. The van der Waals surface area contributed by atoms with Crippen LogP contribution < -0.4 is 9.80 Å². The van der Waals surface area contributed by atoms with Gasteiger partial charge in [-0.3, -0.25) is 14.5 Å². The number of hydrogen-bond donors (Lipinski definition) is 0. The predicted octanol–water partition coefficient (Wildman–Crippen LogP) is 8.31. The topological polar surface area (TPSA) is 50.3 Å². The molecule has 2 amide bonds. The van der Waals surface area contributed by atoms with E-state index < -0.39 is 35.3 Å². The van der Waals surface area contributed by atoms with Crippen molar-refractivity contribution in [3.63, 3.8) is 0 Å². The molecule has 0 aliphatic carbocycles. The van der Waals surface area contributed by atoms with E-state index >= 15 is 0 Å². The lowest BCUT2D eigenvalue weighted by Gasteiger charge is -2.39. The second kappa shape index (κ2) is 18.7. The first-order valence-electron chi connectivity index (χ1n) is 19.8. The Morgan fingerprint density at radius 1 is 0.627 bits per heavy atom. The molecule has 2 aliphatic rings. The number of piperazine rings is 2. The van der Waals surface area contributed by atoms with Crippen LogP contribution in [0.4, 0.5) is 33.3 Å². The van der Waals surface area contributed by atoms with E-state index in [-0.39, 0.29) is 18.9 Å². The van der Waals surface area contributed by atoms with E-state index in [4.69, 9.17) is 0 Å². The van der Waals surface area contributed by atoms with E-state index in [0.29, 0.717) is 37.3 Å². The minimum absolute atomic E-state index is 0.00626. The highest BCUT2D eigenvalue weighted by molar-refractivity contribution is 5.96. The number of amides is 2. The minimum Gasteiger partial charge on any atom is -0.368 e. The van der Waals surface area contributed by atoms with Gasteiger partial charge >= 0.3 is 6.18 Å². The van der Waals surface area contributed by atoms with Gasteiger partial charge in [-0.1, -0.05) is 78.9 Å². The molecule has 1 atom stereocenters. The van der Waals surface area contributed by atoms with E-state index in [0.717, 1.165) is 73.8 Å². The summed E-state index contributed by atoms with van der Waals surface area (Å²) in [6.45, 7) is 6.06. The molecule has 2 heterocycles. The van der Waals surface area contributed by atoms with Gasteiger partial charge in [0, 0.05) is 89.3 Å². The Morgan fingerprint density at radius 2 is 1.20 bits per heavy atom. The average Bonchev–Trinajstić information content (AvgIpc) is 3.26. The number of anilines is 2. The van der Waals surface area contributed by atoms with Gasteiger partial charge in [-0.05, 0) is 76.9 Å². The van der Waals surface area contributed by atoms with Crippen LogP contribution in [0.2, 0.25) is 0 Å². The Balaban J connectivity index is 1.14. The molecule has 2 aliphatic heterocycles. The molecule has 306 valence electrons. The third kappa shape index (κ3) is 10.7. The molecule has 0 saturated carbocycles. The van der Waals surface area contributed by atoms with E-state index in [1.54, 1.807) is 4.90 Å². The first-order valence-corrected chi connectivity index (χ1v) is 19.8. The van der Waals surface area contributed by atoms with E-state index in [1.165, 1.54) is 40.9 Å². The molecule has 0 radical (unpaired) electrons. The second-order valence-corrected chi connectivity index (χ2v) is 15.0. The highest BCUT2D eigenvalue weighted by atomic mass is 19.4. The normalized spacial score (nSPS) is 15.7. The number of alkyl halides is 3. The van der Waals surface area contributed by atoms with Crippen molar-refractivity contribution >= 4 is 29.3 Å². The Labute approximate surface area is 341 Å². The van der Waals surface area contributed by atoms with Crippen molar-refractivity contribution in [3.8, 4) is 0 Å². The zero-order valence-corrected chi connectivity index (χ0v) is 32.6. The van der Waals surface area contributed by atoms with Gasteiger partial charge in [0.15, 0.2) is 11.6 Å². The van der Waals surface area contributed by atoms with Gasteiger partial charge in [-0.25, -0.2) is 8.78 Å². The lowest BCUT2D eigenvalue weighted by molar-refractivity contribution is -0.145. The maximum absolute atomic E-state index is 14.7. The van der Waals surface area contributed by atoms with Gasteiger partial charge in [0.25, 0.3) is 0 Å². The molecule has 0 bridgehead atoms. The molecule has 0 unspecified atom stereocenters. The molecule has 5 aromatic carbocycles. The number of carbonyl (C=O) groups is 2. The molecule has 7 nitrogen and oxygen atoms in total. The molecule has 7 rings (SSSR count). The van der Waals surface area contributed by atoms with E-state index in [2.05, 4.69) is 39.0 Å². The first-order chi connectivity index (χ1) is 28.5. The van der Waals surface area contributed by atoms with Crippen LogP contribution in [-0.4, -0.2) is 84.9 Å². The number of para-hydroxylation sites is 1. The molecule has 59 heavy (non-hydrogen) atoms. The predicted molar refractivity (Wildman–Crippen MR) is 220 cm³/mol. The van der Waals surface area contributed by atoms with Gasteiger partial charge in [0.05, 0.1) is 5.56 Å². The molecular weight excluding hydrogens is 762 g/mol. The molecule has 12 heteroatoms. The number of rotatable bonds is 12. The Morgan fingerprint density at radius 3 is 1.80 bits per heavy atom. The lowest BCUT2D eigenvalue weighted by atomic mass is 10.0. The summed E-state index contributed by atoms with van der Waals surface area (Å²) < 4.78 is 68.4. The van der Waals surface area contributed by atoms with Crippen LogP contribution >= 0.6 is 0 Å². The molecule has 2 saturated heterocycles. The van der Waals surface area contributed by atoms with Gasteiger partial charge < -0.3 is 19.6 Å². The second-order valence-electron chi connectivity index (χ2n) is 15.0. The van der Waals surface area contributed by atoms with E-state index in [1.807, 2.05) is 60.7 Å². The van der Waals surface area contributed by atoms with Crippen LogP contribution in [0.25, 0.3) is 6.08 Å². The highest BCUT2D eigenvalue weighted by Crippen LogP contribution is 2.29. The van der Waals surface area contributed by atoms with Crippen LogP contribution in [0.3, 0.4) is 0 Å². The molecular formula is C47H46F5N5O2. The fourth-order valence-corrected chi connectivity index (χ4v) is 7.66. The third-order valence-corrected chi connectivity index (χ3v) is 11.0. The van der Waals surface area contributed by atoms with Gasteiger partial charge in [0.1, 0.15) is 6.04 Å². The summed E-state index contributed by atoms with van der Waals surface area (Å²) in [7, 11) is 0. The van der Waals surface area contributed by atoms with Crippen molar-refractivity contribution in [2.45, 2.75) is 31.7 Å². The highest BCUT2D eigenvalue weighted by Gasteiger charge is 2.35. The largest absolute Gasteiger partial charge is 0.416 e. The van der Waals surface area contributed by atoms with Crippen LogP contribution in [-0.2, 0) is 35.3 Å². The summed E-state index contributed by atoms with van der Waals surface area (Å²) in [5, 5.41) is 0. The van der Waals surface area contributed by atoms with Crippen molar-refractivity contribution in [1.82, 2.24) is 14.7 Å². The van der Waals surface area contributed by atoms with Gasteiger partial charge in [0.2, 0.25) is 11.8 Å². The van der Waals surface area contributed by atoms with Crippen LogP contribution in [0, 0.1) is 11.6 Å². The fraction of sp³-hybridized carbons (Fsp3) is 0.277. The van der Waals surface area contributed by atoms with Crippen LogP contribution in [0.1, 0.15) is 27.8 Å². The summed E-state index contributed by atoms with van der Waals surface area (Å²) >= 11 is 0. The molecule has 0 N–H and O–H groups in total. The molecule has 0 spiro atoms. The van der Waals surface area contributed by atoms with Gasteiger partial charge in [-0.15, -0.1) is 0 Å². The minimum atomic E-state index is -4.51. The number of hydrogen-bond acceptors (Lipinski definition) is 5. The van der Waals surface area contributed by atoms with Crippen molar-refractivity contribution in [2.24, 2.45) is 0 Å². The van der Waals surface area contributed by atoms with E-state index in [9.17, 15) is 31.5 Å². The number of benzene rings is 5. The SMILES string of the molecule is O=C([C@H](Cc1ccc(F)c(F)c1)N(Cc1ccc(N2CCN(c3ccccc3)CC2)cc1)C(=O)C=Cc1ccc(C(F)(F)F)cc1)N1CCN(Cc2ccccc2)CC1. The Hall–Kier alpha value is -6.01. The maximum Gasteiger partial charge on any atom is 0.416 e. The molecule has 2 fully saturated rings. The zero-order valence-electron chi connectivity index (χ0n) is 32.6. The number of carbonyl (C=O) groups excluding carboxylic acids is 2. The quantitative estimate of drug-likeness (QED) is 0.0939.